The summed E-state index contributed by atoms with van der Waals surface area (Å²) in [7, 11) is -6.33. The van der Waals surface area contributed by atoms with E-state index in [9.17, 15) is 21.6 Å². The first-order valence-electron chi connectivity index (χ1n) is 8.71. The SMILES string of the molecule is CCN(CC(=O)NCc1ccc(S(N)(=O)=O)cc1)S(=O)(=O)c1ccc(OC)c(Cl)c1. The smallest absolute Gasteiger partial charge is 0.243 e. The van der Waals surface area contributed by atoms with Crippen molar-refractivity contribution in [1.82, 2.24) is 9.62 Å². The molecule has 0 aliphatic carbocycles. The Morgan fingerprint density at radius 2 is 1.70 bits per heavy atom. The van der Waals surface area contributed by atoms with Crippen LogP contribution >= 0.6 is 11.6 Å². The Hall–Kier alpha value is -2.18. The number of benzene rings is 2. The summed E-state index contributed by atoms with van der Waals surface area (Å²) < 4.78 is 54.2. The van der Waals surface area contributed by atoms with E-state index in [-0.39, 0.29) is 27.9 Å². The molecule has 0 fully saturated rings. The number of ether oxygens (including phenoxy) is 1. The van der Waals surface area contributed by atoms with E-state index in [4.69, 9.17) is 21.5 Å². The van der Waals surface area contributed by atoms with Crippen molar-refractivity contribution in [2.45, 2.75) is 23.3 Å². The summed E-state index contributed by atoms with van der Waals surface area (Å²) >= 11 is 6.01. The van der Waals surface area contributed by atoms with E-state index < -0.39 is 32.5 Å². The lowest BCUT2D eigenvalue weighted by Crippen LogP contribution is -2.40. The first kappa shape index (κ1) is 24.1. The van der Waals surface area contributed by atoms with Crippen LogP contribution in [0.5, 0.6) is 5.75 Å². The Kier molecular flexibility index (Phi) is 7.83. The van der Waals surface area contributed by atoms with Gasteiger partial charge >= 0.3 is 0 Å². The fourth-order valence-corrected chi connectivity index (χ4v) is 4.81. The van der Waals surface area contributed by atoms with Gasteiger partial charge in [0.2, 0.25) is 26.0 Å². The number of primary sulfonamides is 1. The second-order valence-corrected chi connectivity index (χ2v) is 10.1. The number of methoxy groups -OCH3 is 1. The van der Waals surface area contributed by atoms with E-state index in [1.54, 1.807) is 6.92 Å². The predicted octanol–water partition coefficient (Wildman–Crippen LogP) is 1.32. The van der Waals surface area contributed by atoms with Gasteiger partial charge in [-0.15, -0.1) is 0 Å². The van der Waals surface area contributed by atoms with Crippen molar-refractivity contribution in [3.8, 4) is 5.75 Å². The number of halogens is 1. The zero-order valence-corrected chi connectivity index (χ0v) is 18.7. The molecular formula is C18H22ClN3O6S2. The molecule has 164 valence electrons. The topological polar surface area (TPSA) is 136 Å². The van der Waals surface area contributed by atoms with E-state index in [0.717, 1.165) is 4.31 Å². The monoisotopic (exact) mass is 475 g/mol. The predicted molar refractivity (Wildman–Crippen MR) is 112 cm³/mol. The minimum atomic E-state index is -3.95. The van der Waals surface area contributed by atoms with E-state index in [2.05, 4.69) is 5.32 Å². The minimum Gasteiger partial charge on any atom is -0.495 e. The van der Waals surface area contributed by atoms with Crippen molar-refractivity contribution >= 4 is 37.6 Å². The van der Waals surface area contributed by atoms with Crippen LogP contribution in [0.2, 0.25) is 5.02 Å². The minimum absolute atomic E-state index is 0.0426. The Labute approximate surface area is 180 Å². The lowest BCUT2D eigenvalue weighted by Gasteiger charge is -2.20. The standard InChI is InChI=1S/C18H22ClN3O6S2/c1-3-22(30(26,27)15-8-9-17(28-2)16(19)10-15)12-18(23)21-11-13-4-6-14(7-5-13)29(20,24)25/h4-10H,3,11-12H2,1-2H3,(H,21,23)(H2,20,24,25). The molecule has 0 spiro atoms. The van der Waals surface area contributed by atoms with E-state index >= 15 is 0 Å². The molecule has 0 aliphatic rings. The number of carbonyl (C=O) groups is 1. The fourth-order valence-electron chi connectivity index (χ4n) is 2.54. The van der Waals surface area contributed by atoms with Gasteiger partial charge in [-0.25, -0.2) is 22.0 Å². The number of nitrogens with zero attached hydrogens (tertiary/aromatic N) is 1. The van der Waals surface area contributed by atoms with Crippen LogP contribution in [0.25, 0.3) is 0 Å². The van der Waals surface area contributed by atoms with Crippen molar-refractivity contribution < 1.29 is 26.4 Å². The molecule has 0 heterocycles. The van der Waals surface area contributed by atoms with Crippen LogP contribution < -0.4 is 15.2 Å². The number of amides is 1. The summed E-state index contributed by atoms with van der Waals surface area (Å²) in [6.45, 7) is 1.39. The summed E-state index contributed by atoms with van der Waals surface area (Å²) in [5, 5.41) is 7.78. The van der Waals surface area contributed by atoms with Crippen molar-refractivity contribution in [1.29, 1.82) is 0 Å². The van der Waals surface area contributed by atoms with Gasteiger partial charge in [-0.3, -0.25) is 4.79 Å². The van der Waals surface area contributed by atoms with Gasteiger partial charge in [-0.05, 0) is 35.9 Å². The average Bonchev–Trinajstić information content (AvgIpc) is 2.69. The molecule has 0 saturated carbocycles. The summed E-state index contributed by atoms with van der Waals surface area (Å²) in [4.78, 5) is 12.2. The molecule has 30 heavy (non-hydrogen) atoms. The number of nitrogens with one attached hydrogen (secondary N) is 1. The molecule has 2 aromatic rings. The fraction of sp³-hybridized carbons (Fsp3) is 0.278. The normalized spacial score (nSPS) is 12.0. The second kappa shape index (κ2) is 9.75. The van der Waals surface area contributed by atoms with Crippen LogP contribution in [-0.4, -0.2) is 47.2 Å². The van der Waals surface area contributed by atoms with Crippen LogP contribution in [-0.2, 0) is 31.4 Å². The number of rotatable bonds is 9. The van der Waals surface area contributed by atoms with Crippen molar-refractivity contribution in [2.24, 2.45) is 5.14 Å². The molecule has 0 aliphatic heterocycles. The summed E-state index contributed by atoms with van der Waals surface area (Å²) in [5.74, 6) is -0.180. The maximum Gasteiger partial charge on any atom is 0.243 e. The molecule has 1 amide bonds. The van der Waals surface area contributed by atoms with Crippen LogP contribution in [0, 0.1) is 0 Å². The van der Waals surface area contributed by atoms with Crippen LogP contribution in [0.4, 0.5) is 0 Å². The molecular weight excluding hydrogens is 454 g/mol. The maximum absolute atomic E-state index is 12.8. The number of nitrogens with two attached hydrogens (primary N) is 1. The first-order valence-corrected chi connectivity index (χ1v) is 12.1. The molecule has 2 aromatic carbocycles. The molecule has 0 unspecified atom stereocenters. The van der Waals surface area contributed by atoms with Gasteiger partial charge in [0.15, 0.2) is 0 Å². The quantitative estimate of drug-likeness (QED) is 0.561. The third kappa shape index (κ3) is 5.92. The number of likely N-dealkylation sites (N-methyl/N-ethyl adjacent to an activating group) is 1. The highest BCUT2D eigenvalue weighted by molar-refractivity contribution is 7.89. The second-order valence-electron chi connectivity index (χ2n) is 6.19. The first-order chi connectivity index (χ1) is 14.0. The van der Waals surface area contributed by atoms with Crippen molar-refractivity contribution in [2.75, 3.05) is 20.2 Å². The number of carbonyl (C=O) groups excluding carboxylic acids is 1. The lowest BCUT2D eigenvalue weighted by molar-refractivity contribution is -0.121. The Morgan fingerprint density at radius 3 is 2.20 bits per heavy atom. The van der Waals surface area contributed by atoms with E-state index in [1.807, 2.05) is 0 Å². The molecule has 12 heteroatoms. The average molecular weight is 476 g/mol. The zero-order chi connectivity index (χ0) is 22.5. The highest BCUT2D eigenvalue weighted by atomic mass is 35.5. The third-order valence-electron chi connectivity index (χ3n) is 4.18. The van der Waals surface area contributed by atoms with Gasteiger partial charge in [-0.1, -0.05) is 30.7 Å². The van der Waals surface area contributed by atoms with Crippen LogP contribution in [0.15, 0.2) is 52.3 Å². The molecule has 0 atom stereocenters. The van der Waals surface area contributed by atoms with Gasteiger partial charge in [0.1, 0.15) is 5.75 Å². The van der Waals surface area contributed by atoms with Crippen molar-refractivity contribution in [3.63, 3.8) is 0 Å². The van der Waals surface area contributed by atoms with Crippen LogP contribution in [0.3, 0.4) is 0 Å². The molecule has 2 rings (SSSR count). The maximum atomic E-state index is 12.8. The van der Waals surface area contributed by atoms with Crippen molar-refractivity contribution in [3.05, 3.63) is 53.1 Å². The molecule has 0 aromatic heterocycles. The molecule has 0 radical (unpaired) electrons. The Balaban J connectivity index is 2.05. The largest absolute Gasteiger partial charge is 0.495 e. The van der Waals surface area contributed by atoms with Gasteiger partial charge in [-0.2, -0.15) is 4.31 Å². The number of hydrogen-bond acceptors (Lipinski definition) is 6. The van der Waals surface area contributed by atoms with E-state index in [1.165, 1.54) is 49.6 Å². The molecule has 0 bridgehead atoms. The highest BCUT2D eigenvalue weighted by Crippen LogP contribution is 2.28. The zero-order valence-electron chi connectivity index (χ0n) is 16.3. The van der Waals surface area contributed by atoms with Gasteiger partial charge in [0, 0.05) is 13.1 Å². The Morgan fingerprint density at radius 1 is 1.10 bits per heavy atom. The van der Waals surface area contributed by atoms with E-state index in [0.29, 0.717) is 11.3 Å². The third-order valence-corrected chi connectivity index (χ3v) is 7.32. The lowest BCUT2D eigenvalue weighted by atomic mass is 10.2. The number of sulfonamides is 2. The number of hydrogen-bond donors (Lipinski definition) is 2. The summed E-state index contributed by atoms with van der Waals surface area (Å²) in [6.07, 6.45) is 0. The molecule has 3 N–H and O–H groups in total. The Bertz CT molecular complexity index is 1120. The summed E-state index contributed by atoms with van der Waals surface area (Å²) in [5.41, 5.74) is 0.628. The van der Waals surface area contributed by atoms with Gasteiger partial charge in [0.25, 0.3) is 0 Å². The summed E-state index contributed by atoms with van der Waals surface area (Å²) in [6, 6.07) is 9.73. The molecule has 0 saturated heterocycles. The van der Waals surface area contributed by atoms with Gasteiger partial charge < -0.3 is 10.1 Å². The van der Waals surface area contributed by atoms with Gasteiger partial charge in [0.05, 0.1) is 28.5 Å². The highest BCUT2D eigenvalue weighted by Gasteiger charge is 2.26. The molecule has 9 nitrogen and oxygen atoms in total. The van der Waals surface area contributed by atoms with Crippen LogP contribution in [0.1, 0.15) is 12.5 Å².